The molecule has 0 fully saturated rings. The fraction of sp³-hybridized carbons (Fsp3) is 0.231. The van der Waals surface area contributed by atoms with Crippen LogP contribution in [0.25, 0.3) is 10.9 Å². The van der Waals surface area contributed by atoms with Crippen LogP contribution in [0.1, 0.15) is 22.8 Å². The van der Waals surface area contributed by atoms with E-state index in [1.165, 1.54) is 0 Å². The predicted octanol–water partition coefficient (Wildman–Crippen LogP) is 1.72. The minimum Gasteiger partial charge on any atom is -0.506 e. The second-order valence-corrected chi connectivity index (χ2v) is 3.95. The highest BCUT2D eigenvalue weighted by atomic mass is 16.5. The van der Waals surface area contributed by atoms with E-state index < -0.39 is 11.5 Å². The maximum Gasteiger partial charge on any atom is 0.347 e. The van der Waals surface area contributed by atoms with E-state index in [1.54, 1.807) is 19.1 Å². The van der Waals surface area contributed by atoms with Crippen molar-refractivity contribution >= 4 is 16.9 Å². The average molecular weight is 247 g/mol. The molecule has 1 heterocycles. The largest absolute Gasteiger partial charge is 0.506 e. The van der Waals surface area contributed by atoms with E-state index in [-0.39, 0.29) is 17.9 Å². The number of carbonyl (C=O) groups excluding carboxylic acids is 1. The molecule has 0 aliphatic heterocycles. The molecule has 0 aliphatic carbocycles. The van der Waals surface area contributed by atoms with E-state index in [4.69, 9.17) is 4.74 Å². The van der Waals surface area contributed by atoms with Crippen molar-refractivity contribution in [2.24, 2.45) is 0 Å². The van der Waals surface area contributed by atoms with E-state index in [0.29, 0.717) is 10.9 Å². The molecule has 0 amide bonds. The van der Waals surface area contributed by atoms with E-state index in [9.17, 15) is 14.7 Å². The van der Waals surface area contributed by atoms with Crippen LogP contribution in [0.3, 0.4) is 0 Å². The third kappa shape index (κ3) is 1.95. The van der Waals surface area contributed by atoms with Crippen LogP contribution in [-0.2, 0) is 4.74 Å². The standard InChI is InChI=1S/C13H13NO4/c1-3-18-13(17)10-11(15)8-6-7(2)4-5-9(8)14-12(10)16/h4-6H,3H2,1-2H3,(H2,14,15,16). The number of pyridine rings is 1. The molecule has 0 radical (unpaired) electrons. The Bertz CT molecular complexity index is 672. The normalized spacial score (nSPS) is 10.6. The number of hydrogen-bond donors (Lipinski definition) is 2. The van der Waals surface area contributed by atoms with Gasteiger partial charge in [-0.1, -0.05) is 11.6 Å². The molecule has 0 unspecified atom stereocenters. The Hall–Kier alpha value is -2.30. The van der Waals surface area contributed by atoms with Gasteiger partial charge in [0.25, 0.3) is 5.56 Å². The lowest BCUT2D eigenvalue weighted by Gasteiger charge is -2.07. The Balaban J connectivity index is 2.75. The summed E-state index contributed by atoms with van der Waals surface area (Å²) in [5, 5.41) is 10.5. The minimum absolute atomic E-state index is 0.142. The van der Waals surface area contributed by atoms with Crippen molar-refractivity contribution in [3.8, 4) is 5.75 Å². The Morgan fingerprint density at radius 2 is 2.17 bits per heavy atom. The van der Waals surface area contributed by atoms with Gasteiger partial charge in [-0.25, -0.2) is 4.79 Å². The van der Waals surface area contributed by atoms with Gasteiger partial charge >= 0.3 is 5.97 Å². The predicted molar refractivity (Wildman–Crippen MR) is 66.9 cm³/mol. The van der Waals surface area contributed by atoms with Crippen LogP contribution in [0.4, 0.5) is 0 Å². The van der Waals surface area contributed by atoms with Gasteiger partial charge < -0.3 is 14.8 Å². The van der Waals surface area contributed by atoms with Gasteiger partial charge in [-0.3, -0.25) is 4.79 Å². The van der Waals surface area contributed by atoms with Crippen molar-refractivity contribution in [3.05, 3.63) is 39.7 Å². The zero-order valence-corrected chi connectivity index (χ0v) is 10.1. The summed E-state index contributed by atoms with van der Waals surface area (Å²) in [6.45, 7) is 3.63. The smallest absolute Gasteiger partial charge is 0.347 e. The van der Waals surface area contributed by atoms with Crippen LogP contribution < -0.4 is 5.56 Å². The van der Waals surface area contributed by atoms with Gasteiger partial charge in [0.1, 0.15) is 5.75 Å². The SMILES string of the molecule is CCOC(=O)c1c(O)c2cc(C)ccc2[nH]c1=O. The molecule has 94 valence electrons. The highest BCUT2D eigenvalue weighted by Gasteiger charge is 2.20. The second-order valence-electron chi connectivity index (χ2n) is 3.95. The summed E-state index contributed by atoms with van der Waals surface area (Å²) in [6, 6.07) is 5.19. The molecule has 5 heteroatoms. The van der Waals surface area contributed by atoms with E-state index in [1.807, 2.05) is 13.0 Å². The lowest BCUT2D eigenvalue weighted by atomic mass is 10.1. The van der Waals surface area contributed by atoms with E-state index in [0.717, 1.165) is 5.56 Å². The first-order valence-corrected chi connectivity index (χ1v) is 5.57. The molecule has 0 saturated carbocycles. The first-order chi connectivity index (χ1) is 8.54. The zero-order chi connectivity index (χ0) is 13.3. The molecule has 0 spiro atoms. The van der Waals surface area contributed by atoms with Crippen LogP contribution in [0.5, 0.6) is 5.75 Å². The molecule has 1 aromatic heterocycles. The van der Waals surface area contributed by atoms with Crippen molar-refractivity contribution < 1.29 is 14.6 Å². The zero-order valence-electron chi connectivity index (χ0n) is 10.1. The molecule has 0 aliphatic rings. The summed E-state index contributed by atoms with van der Waals surface area (Å²) < 4.78 is 4.75. The average Bonchev–Trinajstić information content (AvgIpc) is 2.31. The fourth-order valence-electron chi connectivity index (χ4n) is 1.78. The summed E-state index contributed by atoms with van der Waals surface area (Å²) in [6.07, 6.45) is 0. The lowest BCUT2D eigenvalue weighted by Crippen LogP contribution is -2.20. The number of rotatable bonds is 2. The lowest BCUT2D eigenvalue weighted by molar-refractivity contribution is 0.0521. The highest BCUT2D eigenvalue weighted by Crippen LogP contribution is 2.26. The maximum atomic E-state index is 11.7. The number of aromatic hydroxyl groups is 1. The molecule has 0 bridgehead atoms. The van der Waals surface area contributed by atoms with Crippen LogP contribution >= 0.6 is 0 Å². The number of nitrogens with one attached hydrogen (secondary N) is 1. The van der Waals surface area contributed by atoms with E-state index >= 15 is 0 Å². The Morgan fingerprint density at radius 3 is 2.83 bits per heavy atom. The number of benzene rings is 1. The first-order valence-electron chi connectivity index (χ1n) is 5.57. The number of aromatic nitrogens is 1. The van der Waals surface area contributed by atoms with Gasteiger partial charge in [0.2, 0.25) is 0 Å². The topological polar surface area (TPSA) is 79.4 Å². The molecule has 1 aromatic carbocycles. The Kier molecular flexibility index (Phi) is 3.06. The van der Waals surface area contributed by atoms with Crippen LogP contribution in [-0.4, -0.2) is 22.7 Å². The Labute approximate surface area is 103 Å². The molecule has 2 aromatic rings. The Morgan fingerprint density at radius 1 is 1.44 bits per heavy atom. The monoisotopic (exact) mass is 247 g/mol. The number of ether oxygens (including phenoxy) is 1. The van der Waals surface area contributed by atoms with Crippen LogP contribution in [0, 0.1) is 6.92 Å². The molecule has 2 rings (SSSR count). The number of H-pyrrole nitrogens is 1. The molecular weight excluding hydrogens is 234 g/mol. The van der Waals surface area contributed by atoms with Crippen molar-refractivity contribution in [2.75, 3.05) is 6.61 Å². The third-order valence-corrected chi connectivity index (χ3v) is 2.62. The summed E-state index contributed by atoms with van der Waals surface area (Å²) >= 11 is 0. The minimum atomic E-state index is -0.820. The van der Waals surface area contributed by atoms with Gasteiger partial charge in [0.15, 0.2) is 5.56 Å². The third-order valence-electron chi connectivity index (χ3n) is 2.62. The molecule has 0 atom stereocenters. The number of esters is 1. The highest BCUT2D eigenvalue weighted by molar-refractivity contribution is 5.99. The van der Waals surface area contributed by atoms with Gasteiger partial charge in [-0.2, -0.15) is 0 Å². The van der Waals surface area contributed by atoms with Crippen molar-refractivity contribution in [1.29, 1.82) is 0 Å². The van der Waals surface area contributed by atoms with Gasteiger partial charge in [0, 0.05) is 5.39 Å². The summed E-state index contributed by atoms with van der Waals surface area (Å²) in [7, 11) is 0. The van der Waals surface area contributed by atoms with Gasteiger partial charge in [0.05, 0.1) is 12.1 Å². The van der Waals surface area contributed by atoms with Crippen LogP contribution in [0.15, 0.2) is 23.0 Å². The van der Waals surface area contributed by atoms with Gasteiger partial charge in [-0.05, 0) is 26.0 Å². The summed E-state index contributed by atoms with van der Waals surface area (Å²) in [5.41, 5.74) is 0.396. The maximum absolute atomic E-state index is 11.7. The molecule has 18 heavy (non-hydrogen) atoms. The van der Waals surface area contributed by atoms with E-state index in [2.05, 4.69) is 4.98 Å². The second kappa shape index (κ2) is 4.52. The van der Waals surface area contributed by atoms with Crippen molar-refractivity contribution in [1.82, 2.24) is 4.98 Å². The van der Waals surface area contributed by atoms with Crippen molar-refractivity contribution in [3.63, 3.8) is 0 Å². The number of aromatic amines is 1. The quantitative estimate of drug-likeness (QED) is 0.792. The first kappa shape index (κ1) is 12.2. The van der Waals surface area contributed by atoms with Crippen molar-refractivity contribution in [2.45, 2.75) is 13.8 Å². The fourth-order valence-corrected chi connectivity index (χ4v) is 1.78. The van der Waals surface area contributed by atoms with Crippen LogP contribution in [0.2, 0.25) is 0 Å². The molecule has 0 saturated heterocycles. The summed E-state index contributed by atoms with van der Waals surface area (Å²) in [4.78, 5) is 25.9. The molecule has 5 nitrogen and oxygen atoms in total. The number of aryl methyl sites for hydroxylation is 1. The molecule has 2 N–H and O–H groups in total. The number of hydrogen-bond acceptors (Lipinski definition) is 4. The van der Waals surface area contributed by atoms with Gasteiger partial charge in [-0.15, -0.1) is 0 Å². The number of fused-ring (bicyclic) bond motifs is 1. The summed E-state index contributed by atoms with van der Waals surface area (Å²) in [5.74, 6) is -1.16. The molecular formula is C13H13NO4. The number of carbonyl (C=O) groups is 1.